The summed E-state index contributed by atoms with van der Waals surface area (Å²) in [6.45, 7) is 0. The second-order valence-electron chi connectivity index (χ2n) is 4.06. The zero-order valence-corrected chi connectivity index (χ0v) is 11.0. The Kier molecular flexibility index (Phi) is 4.13. The van der Waals surface area contributed by atoms with E-state index in [9.17, 15) is 18.8 Å². The zero-order chi connectivity index (χ0) is 15.4. The van der Waals surface area contributed by atoms with Gasteiger partial charge in [-0.1, -0.05) is 6.07 Å². The lowest BCUT2D eigenvalue weighted by Gasteiger charge is -2.09. The van der Waals surface area contributed by atoms with Gasteiger partial charge in [0.05, 0.1) is 18.4 Å². The van der Waals surface area contributed by atoms with Gasteiger partial charge in [-0.2, -0.15) is 0 Å². The molecule has 7 heteroatoms. The third kappa shape index (κ3) is 3.33. The lowest BCUT2D eigenvalue weighted by atomic mass is 10.1. The number of carbonyl (C=O) groups excluding carboxylic acids is 2. The van der Waals surface area contributed by atoms with E-state index in [0.29, 0.717) is 0 Å². The van der Waals surface area contributed by atoms with Crippen LogP contribution in [0.1, 0.15) is 20.8 Å². The number of H-pyrrole nitrogens is 1. The van der Waals surface area contributed by atoms with Gasteiger partial charge in [0.25, 0.3) is 5.91 Å². The molecule has 0 unspecified atom stereocenters. The van der Waals surface area contributed by atoms with Crippen LogP contribution in [0.4, 0.5) is 10.1 Å². The van der Waals surface area contributed by atoms with E-state index < -0.39 is 23.3 Å². The molecule has 1 heterocycles. The fraction of sp³-hybridized carbons (Fsp3) is 0.0714. The summed E-state index contributed by atoms with van der Waals surface area (Å²) in [5.74, 6) is -2.06. The molecule has 21 heavy (non-hydrogen) atoms. The molecule has 0 atom stereocenters. The Labute approximate surface area is 118 Å². The molecule has 0 bridgehead atoms. The van der Waals surface area contributed by atoms with Gasteiger partial charge in [-0.05, 0) is 24.3 Å². The molecular weight excluding hydrogens is 279 g/mol. The SMILES string of the molecule is COC(=O)c1cc(F)ccc1NC(=O)c1cccc(=O)[nH]1. The number of ether oxygens (including phenoxy) is 1. The Morgan fingerprint density at radius 1 is 1.24 bits per heavy atom. The van der Waals surface area contributed by atoms with Crippen LogP contribution in [0.2, 0.25) is 0 Å². The number of rotatable bonds is 3. The number of hydrogen-bond donors (Lipinski definition) is 2. The summed E-state index contributed by atoms with van der Waals surface area (Å²) in [6, 6.07) is 7.36. The maximum atomic E-state index is 13.2. The van der Waals surface area contributed by atoms with E-state index in [4.69, 9.17) is 0 Å². The highest BCUT2D eigenvalue weighted by Gasteiger charge is 2.16. The topological polar surface area (TPSA) is 88.3 Å². The minimum Gasteiger partial charge on any atom is -0.465 e. The van der Waals surface area contributed by atoms with Crippen molar-refractivity contribution in [3.63, 3.8) is 0 Å². The van der Waals surface area contributed by atoms with Crippen molar-refractivity contribution in [3.8, 4) is 0 Å². The molecule has 0 aliphatic rings. The van der Waals surface area contributed by atoms with Gasteiger partial charge in [-0.3, -0.25) is 9.59 Å². The second-order valence-corrected chi connectivity index (χ2v) is 4.06. The Bertz CT molecular complexity index is 755. The van der Waals surface area contributed by atoms with Crippen LogP contribution < -0.4 is 10.9 Å². The molecular formula is C14H11FN2O4. The van der Waals surface area contributed by atoms with Gasteiger partial charge < -0.3 is 15.0 Å². The van der Waals surface area contributed by atoms with Crippen molar-refractivity contribution in [2.75, 3.05) is 12.4 Å². The number of aromatic amines is 1. The lowest BCUT2D eigenvalue weighted by molar-refractivity contribution is 0.0601. The first-order chi connectivity index (χ1) is 10.0. The number of aromatic nitrogens is 1. The van der Waals surface area contributed by atoms with E-state index in [1.807, 2.05) is 0 Å². The highest BCUT2D eigenvalue weighted by Crippen LogP contribution is 2.18. The molecule has 0 fully saturated rings. The molecule has 1 amide bonds. The van der Waals surface area contributed by atoms with Gasteiger partial charge in [0, 0.05) is 6.07 Å². The molecule has 0 aliphatic carbocycles. The Morgan fingerprint density at radius 2 is 2.00 bits per heavy atom. The van der Waals surface area contributed by atoms with Crippen LogP contribution in [-0.2, 0) is 4.74 Å². The quantitative estimate of drug-likeness (QED) is 0.839. The normalized spacial score (nSPS) is 10.0. The zero-order valence-electron chi connectivity index (χ0n) is 11.0. The summed E-state index contributed by atoms with van der Waals surface area (Å²) in [4.78, 5) is 37.0. The summed E-state index contributed by atoms with van der Waals surface area (Å²) >= 11 is 0. The van der Waals surface area contributed by atoms with Crippen LogP contribution in [0.25, 0.3) is 0 Å². The maximum Gasteiger partial charge on any atom is 0.340 e. The number of carbonyl (C=O) groups is 2. The number of esters is 1. The van der Waals surface area contributed by atoms with E-state index >= 15 is 0 Å². The van der Waals surface area contributed by atoms with E-state index in [0.717, 1.165) is 19.2 Å². The first-order valence-electron chi connectivity index (χ1n) is 5.90. The van der Waals surface area contributed by atoms with Crippen molar-refractivity contribution in [3.05, 3.63) is 63.8 Å². The van der Waals surface area contributed by atoms with Crippen molar-refractivity contribution >= 4 is 17.6 Å². The molecule has 1 aromatic carbocycles. The van der Waals surface area contributed by atoms with Gasteiger partial charge in [-0.25, -0.2) is 9.18 Å². The minimum absolute atomic E-state index is 0.0163. The number of methoxy groups -OCH3 is 1. The summed E-state index contributed by atoms with van der Waals surface area (Å²) in [6.07, 6.45) is 0. The van der Waals surface area contributed by atoms with Gasteiger partial charge in [0.1, 0.15) is 11.5 Å². The molecule has 0 spiro atoms. The highest BCUT2D eigenvalue weighted by atomic mass is 19.1. The second kappa shape index (κ2) is 6.00. The smallest absolute Gasteiger partial charge is 0.340 e. The van der Waals surface area contributed by atoms with Crippen molar-refractivity contribution in [2.24, 2.45) is 0 Å². The number of hydrogen-bond acceptors (Lipinski definition) is 4. The monoisotopic (exact) mass is 290 g/mol. The minimum atomic E-state index is -0.786. The molecule has 1 aromatic heterocycles. The van der Waals surface area contributed by atoms with E-state index in [1.54, 1.807) is 0 Å². The standard InChI is InChI=1S/C14H11FN2O4/c1-21-14(20)9-7-8(15)5-6-10(9)17-13(19)11-3-2-4-12(18)16-11/h2-7H,1H3,(H,16,18)(H,17,19). The van der Waals surface area contributed by atoms with Crippen LogP contribution in [0.3, 0.4) is 0 Å². The lowest BCUT2D eigenvalue weighted by Crippen LogP contribution is -2.19. The molecule has 0 aliphatic heterocycles. The van der Waals surface area contributed by atoms with Crippen molar-refractivity contribution in [2.45, 2.75) is 0 Å². The van der Waals surface area contributed by atoms with Crippen LogP contribution >= 0.6 is 0 Å². The molecule has 2 aromatic rings. The van der Waals surface area contributed by atoms with Crippen molar-refractivity contribution < 1.29 is 18.7 Å². The number of nitrogens with one attached hydrogen (secondary N) is 2. The third-order valence-corrected chi connectivity index (χ3v) is 2.65. The number of benzene rings is 1. The Morgan fingerprint density at radius 3 is 2.67 bits per heavy atom. The van der Waals surface area contributed by atoms with E-state index in [1.165, 1.54) is 24.3 Å². The van der Waals surface area contributed by atoms with Gasteiger partial charge in [0.15, 0.2) is 0 Å². The van der Waals surface area contributed by atoms with Gasteiger partial charge >= 0.3 is 5.97 Å². The number of halogens is 1. The third-order valence-electron chi connectivity index (χ3n) is 2.65. The fourth-order valence-corrected chi connectivity index (χ4v) is 1.67. The highest BCUT2D eigenvalue weighted by molar-refractivity contribution is 6.07. The predicted molar refractivity (Wildman–Crippen MR) is 72.8 cm³/mol. The van der Waals surface area contributed by atoms with Gasteiger partial charge in [-0.15, -0.1) is 0 Å². The molecule has 108 valence electrons. The molecule has 2 rings (SSSR count). The van der Waals surface area contributed by atoms with Gasteiger partial charge in [0.2, 0.25) is 5.56 Å². The first kappa shape index (κ1) is 14.4. The van der Waals surface area contributed by atoms with Crippen molar-refractivity contribution in [1.29, 1.82) is 0 Å². The number of anilines is 1. The van der Waals surface area contributed by atoms with Crippen molar-refractivity contribution in [1.82, 2.24) is 4.98 Å². The van der Waals surface area contributed by atoms with Crippen LogP contribution in [0, 0.1) is 5.82 Å². The van der Waals surface area contributed by atoms with Crippen LogP contribution in [0.5, 0.6) is 0 Å². The summed E-state index contributed by atoms with van der Waals surface area (Å²) in [5, 5.41) is 2.42. The summed E-state index contributed by atoms with van der Waals surface area (Å²) < 4.78 is 17.7. The van der Waals surface area contributed by atoms with Crippen LogP contribution in [-0.4, -0.2) is 24.0 Å². The maximum absolute atomic E-state index is 13.2. The Balaban J connectivity index is 2.33. The largest absolute Gasteiger partial charge is 0.465 e. The average molecular weight is 290 g/mol. The van der Waals surface area contributed by atoms with E-state index in [2.05, 4.69) is 15.0 Å². The Hall–Kier alpha value is -2.96. The molecule has 6 nitrogen and oxygen atoms in total. The van der Waals surface area contributed by atoms with Crippen LogP contribution in [0.15, 0.2) is 41.2 Å². The number of pyridine rings is 1. The first-order valence-corrected chi connectivity index (χ1v) is 5.90. The fourth-order valence-electron chi connectivity index (χ4n) is 1.67. The summed E-state index contributed by atoms with van der Waals surface area (Å²) in [5.41, 5.74) is -0.459. The molecule has 0 saturated heterocycles. The average Bonchev–Trinajstić information content (AvgIpc) is 2.48. The predicted octanol–water partition coefficient (Wildman–Crippen LogP) is 1.55. The molecule has 0 saturated carbocycles. The molecule has 2 N–H and O–H groups in total. The summed E-state index contributed by atoms with van der Waals surface area (Å²) in [7, 11) is 1.15. The number of amides is 1. The molecule has 0 radical (unpaired) electrons. The van der Waals surface area contributed by atoms with E-state index in [-0.39, 0.29) is 16.9 Å².